The van der Waals surface area contributed by atoms with Crippen LogP contribution in [0, 0.1) is 0 Å². The van der Waals surface area contributed by atoms with Crippen LogP contribution in [-0.2, 0) is 0 Å². The van der Waals surface area contributed by atoms with Gasteiger partial charge in [-0.25, -0.2) is 4.98 Å². The number of hydrogen-bond donors (Lipinski definition) is 1. The van der Waals surface area contributed by atoms with Crippen LogP contribution >= 0.6 is 0 Å². The molecule has 1 rings (SSSR count). The molecule has 1 aromatic rings. The first-order chi connectivity index (χ1) is 6.09. The van der Waals surface area contributed by atoms with Gasteiger partial charge in [0, 0.05) is 6.04 Å². The van der Waals surface area contributed by atoms with Gasteiger partial charge in [0.25, 0.3) is 0 Å². The molecule has 0 radical (unpaired) electrons. The van der Waals surface area contributed by atoms with E-state index in [-0.39, 0.29) is 63.1 Å². The van der Waals surface area contributed by atoms with Gasteiger partial charge in [-0.2, -0.15) is 0 Å². The number of carboxylic acid groups (broad SMARTS) is 1. The number of anilines is 1. The van der Waals surface area contributed by atoms with Crippen molar-refractivity contribution >= 4 is 11.8 Å². The third-order valence-electron chi connectivity index (χ3n) is 1.39. The predicted octanol–water partition coefficient (Wildman–Crippen LogP) is -2.73. The van der Waals surface area contributed by atoms with Gasteiger partial charge in [-0.05, 0) is 26.0 Å². The molecule has 0 atom stereocenters. The summed E-state index contributed by atoms with van der Waals surface area (Å²) in [7, 11) is 0. The normalized spacial score (nSPS) is 9.36. The molecule has 70 valence electrons. The van der Waals surface area contributed by atoms with Crippen molar-refractivity contribution in [3.63, 3.8) is 0 Å². The Bertz CT molecular complexity index is 315. The Morgan fingerprint density at radius 1 is 1.50 bits per heavy atom. The molecule has 4 nitrogen and oxygen atoms in total. The summed E-state index contributed by atoms with van der Waals surface area (Å²) in [5.74, 6) is -0.705. The average molecular weight is 218 g/mol. The van der Waals surface area contributed by atoms with E-state index in [1.165, 1.54) is 6.07 Å². The zero-order chi connectivity index (χ0) is 9.84. The Morgan fingerprint density at radius 2 is 2.14 bits per heavy atom. The van der Waals surface area contributed by atoms with Crippen molar-refractivity contribution in [1.82, 2.24) is 4.98 Å². The standard InChI is InChI=1S/C9H12N2O2.K/c1-6(2)10-8-5-3-4-7(11-8)9(12)13;/h3-6H,1-2H3,(H,10,11)(H,12,13);/q;+1/p-1. The van der Waals surface area contributed by atoms with E-state index >= 15 is 0 Å². The molecule has 14 heavy (non-hydrogen) atoms. The average Bonchev–Trinajstić information content (AvgIpc) is 2.03. The summed E-state index contributed by atoms with van der Waals surface area (Å²) in [6.45, 7) is 3.90. The Hall–Kier alpha value is 0.0564. The summed E-state index contributed by atoms with van der Waals surface area (Å²) < 4.78 is 0. The largest absolute Gasteiger partial charge is 1.00 e. The third kappa shape index (κ3) is 4.52. The predicted molar refractivity (Wildman–Crippen MR) is 47.3 cm³/mol. The van der Waals surface area contributed by atoms with Crippen LogP contribution in [0.5, 0.6) is 0 Å². The van der Waals surface area contributed by atoms with Crippen molar-refractivity contribution in [1.29, 1.82) is 0 Å². The Kier molecular flexibility index (Phi) is 6.55. The van der Waals surface area contributed by atoms with Crippen LogP contribution in [0.25, 0.3) is 0 Å². The van der Waals surface area contributed by atoms with E-state index in [1.54, 1.807) is 12.1 Å². The Labute approximate surface area is 126 Å². The van der Waals surface area contributed by atoms with E-state index in [1.807, 2.05) is 13.8 Å². The molecule has 0 aromatic carbocycles. The smallest absolute Gasteiger partial charge is 0.543 e. The second-order valence-electron chi connectivity index (χ2n) is 2.99. The fraction of sp³-hybridized carbons (Fsp3) is 0.333. The van der Waals surface area contributed by atoms with Crippen molar-refractivity contribution in [2.75, 3.05) is 5.32 Å². The summed E-state index contributed by atoms with van der Waals surface area (Å²) in [5.41, 5.74) is -0.0503. The van der Waals surface area contributed by atoms with Crippen LogP contribution in [0.3, 0.4) is 0 Å². The molecule has 0 spiro atoms. The second-order valence-corrected chi connectivity index (χ2v) is 2.99. The SMILES string of the molecule is CC(C)Nc1cccc(C(=O)[O-])n1.[K+]. The Morgan fingerprint density at radius 3 is 2.64 bits per heavy atom. The molecule has 0 unspecified atom stereocenters. The van der Waals surface area contributed by atoms with Gasteiger partial charge in [-0.1, -0.05) is 6.07 Å². The van der Waals surface area contributed by atoms with Gasteiger partial charge in [0.2, 0.25) is 0 Å². The minimum Gasteiger partial charge on any atom is -0.543 e. The van der Waals surface area contributed by atoms with E-state index in [9.17, 15) is 9.90 Å². The van der Waals surface area contributed by atoms with Crippen molar-refractivity contribution in [2.24, 2.45) is 0 Å². The van der Waals surface area contributed by atoms with Gasteiger partial charge in [0.15, 0.2) is 0 Å². The monoisotopic (exact) mass is 218 g/mol. The maximum atomic E-state index is 10.4. The molecule has 0 saturated heterocycles. The summed E-state index contributed by atoms with van der Waals surface area (Å²) in [6, 6.07) is 4.97. The van der Waals surface area contributed by atoms with Crippen LogP contribution < -0.4 is 61.8 Å². The number of pyridine rings is 1. The maximum absolute atomic E-state index is 10.4. The third-order valence-corrected chi connectivity index (χ3v) is 1.39. The number of nitrogens with one attached hydrogen (secondary N) is 1. The van der Waals surface area contributed by atoms with Crippen molar-refractivity contribution < 1.29 is 61.3 Å². The maximum Gasteiger partial charge on any atom is 1.00 e. The van der Waals surface area contributed by atoms with Gasteiger partial charge >= 0.3 is 51.4 Å². The van der Waals surface area contributed by atoms with Crippen LogP contribution in [0.15, 0.2) is 18.2 Å². The molecule has 0 aliphatic heterocycles. The molecule has 0 saturated carbocycles. The molecule has 0 bridgehead atoms. The van der Waals surface area contributed by atoms with Crippen LogP contribution in [-0.4, -0.2) is 17.0 Å². The van der Waals surface area contributed by atoms with Crippen LogP contribution in [0.4, 0.5) is 5.82 Å². The number of hydrogen-bond acceptors (Lipinski definition) is 4. The summed E-state index contributed by atoms with van der Waals surface area (Å²) in [4.78, 5) is 14.3. The first kappa shape index (κ1) is 14.1. The number of aromatic carboxylic acids is 1. The van der Waals surface area contributed by atoms with Gasteiger partial charge in [-0.15, -0.1) is 0 Å². The summed E-state index contributed by atoms with van der Waals surface area (Å²) in [5, 5.41) is 13.4. The molecule has 0 aliphatic carbocycles. The summed E-state index contributed by atoms with van der Waals surface area (Å²) in [6.07, 6.45) is 0. The first-order valence-corrected chi connectivity index (χ1v) is 4.04. The fourth-order valence-electron chi connectivity index (χ4n) is 0.925. The molecule has 0 fully saturated rings. The van der Waals surface area contributed by atoms with Gasteiger partial charge < -0.3 is 15.2 Å². The first-order valence-electron chi connectivity index (χ1n) is 4.04. The van der Waals surface area contributed by atoms with Crippen molar-refractivity contribution in [3.8, 4) is 0 Å². The molecule has 5 heteroatoms. The zero-order valence-corrected chi connectivity index (χ0v) is 11.7. The minimum absolute atomic E-state index is 0. The molecular weight excluding hydrogens is 207 g/mol. The van der Waals surface area contributed by atoms with E-state index in [0.717, 1.165) is 0 Å². The fourth-order valence-corrected chi connectivity index (χ4v) is 0.925. The van der Waals surface area contributed by atoms with E-state index in [2.05, 4.69) is 10.3 Å². The van der Waals surface area contributed by atoms with Gasteiger partial charge in [-0.3, -0.25) is 0 Å². The van der Waals surface area contributed by atoms with E-state index < -0.39 is 5.97 Å². The topological polar surface area (TPSA) is 65.0 Å². The molecule has 0 aliphatic rings. The van der Waals surface area contributed by atoms with Crippen molar-refractivity contribution in [2.45, 2.75) is 19.9 Å². The number of nitrogens with zero attached hydrogens (tertiary/aromatic N) is 1. The van der Waals surface area contributed by atoms with Gasteiger partial charge in [0.05, 0.1) is 11.7 Å². The molecule has 1 heterocycles. The van der Waals surface area contributed by atoms with Gasteiger partial charge in [0.1, 0.15) is 5.82 Å². The molecular formula is C9H11KN2O2. The Balaban J connectivity index is 0.00000169. The van der Waals surface area contributed by atoms with E-state index in [4.69, 9.17) is 0 Å². The number of carboxylic acids is 1. The van der Waals surface area contributed by atoms with Crippen molar-refractivity contribution in [3.05, 3.63) is 23.9 Å². The number of rotatable bonds is 3. The zero-order valence-electron chi connectivity index (χ0n) is 8.57. The van der Waals surface area contributed by atoms with E-state index in [0.29, 0.717) is 5.82 Å². The second kappa shape index (κ2) is 6.52. The molecule has 0 amide bonds. The minimum atomic E-state index is -1.26. The molecule has 1 aromatic heterocycles. The van der Waals surface area contributed by atoms with Crippen LogP contribution in [0.2, 0.25) is 0 Å². The quantitative estimate of drug-likeness (QED) is 0.559. The van der Waals surface area contributed by atoms with Crippen LogP contribution in [0.1, 0.15) is 24.3 Å². The number of carbonyl (C=O) groups is 1. The summed E-state index contributed by atoms with van der Waals surface area (Å²) >= 11 is 0. The molecule has 1 N–H and O–H groups in total. The number of carbonyl (C=O) groups excluding carboxylic acids is 1. The number of aromatic nitrogens is 1.